The highest BCUT2D eigenvalue weighted by Gasteiger charge is 2.18. The summed E-state index contributed by atoms with van der Waals surface area (Å²) in [6, 6.07) is 8.40. The molecule has 2 aromatic rings. The van der Waals surface area contributed by atoms with E-state index in [1.807, 2.05) is 5.32 Å². The zero-order chi connectivity index (χ0) is 15.4. The fraction of sp³-hybridized carbons (Fsp3) is 0. The Balaban J connectivity index is 2.06. The second-order valence-electron chi connectivity index (χ2n) is 4.05. The molecule has 2 rings (SSSR count). The summed E-state index contributed by atoms with van der Waals surface area (Å²) in [7, 11) is 0. The van der Waals surface area contributed by atoms with Crippen LogP contribution in [0.4, 0.5) is 20.2 Å². The summed E-state index contributed by atoms with van der Waals surface area (Å²) < 4.78 is 26.7. The Morgan fingerprint density at radius 1 is 0.857 bits per heavy atom. The molecule has 0 radical (unpaired) electrons. The quantitative estimate of drug-likeness (QED) is 0.587. The van der Waals surface area contributed by atoms with Gasteiger partial charge >= 0.3 is 11.8 Å². The average molecular weight is 292 g/mol. The number of carbonyl (C=O) groups is 2. The van der Waals surface area contributed by atoms with Gasteiger partial charge in [-0.25, -0.2) is 8.78 Å². The largest absolute Gasteiger partial charge is 0.508 e. The predicted octanol–water partition coefficient (Wildman–Crippen LogP) is 2.25. The highest BCUT2D eigenvalue weighted by Crippen LogP contribution is 2.18. The van der Waals surface area contributed by atoms with Crippen LogP contribution in [-0.4, -0.2) is 16.9 Å². The molecule has 0 bridgehead atoms. The van der Waals surface area contributed by atoms with Gasteiger partial charge in [-0.1, -0.05) is 6.07 Å². The molecule has 0 fully saturated rings. The number of carbonyl (C=O) groups excluding carboxylic acids is 2. The minimum atomic E-state index is -1.22. The number of phenols is 1. The maximum Gasteiger partial charge on any atom is 0.314 e. The standard InChI is InChI=1S/C14H10F2N2O3/c15-10-2-1-3-11(16)12(10)18-14(21)13(20)17-8-4-6-9(19)7-5-8/h1-7,19H,(H,17,20)(H,18,21). The lowest BCUT2D eigenvalue weighted by atomic mass is 10.2. The fourth-order valence-electron chi connectivity index (χ4n) is 1.52. The number of amides is 2. The Hall–Kier alpha value is -2.96. The van der Waals surface area contributed by atoms with Gasteiger partial charge in [-0.15, -0.1) is 0 Å². The predicted molar refractivity (Wildman–Crippen MR) is 71.7 cm³/mol. The molecule has 3 N–H and O–H groups in total. The minimum absolute atomic E-state index is 0.00845. The van der Waals surface area contributed by atoms with Crippen LogP contribution in [0.25, 0.3) is 0 Å². The lowest BCUT2D eigenvalue weighted by Gasteiger charge is -2.08. The number of halogens is 2. The third-order valence-electron chi connectivity index (χ3n) is 2.53. The molecule has 0 aliphatic heterocycles. The summed E-state index contributed by atoms with van der Waals surface area (Å²) in [5, 5.41) is 13.2. The zero-order valence-electron chi connectivity index (χ0n) is 10.6. The van der Waals surface area contributed by atoms with Crippen molar-refractivity contribution in [3.63, 3.8) is 0 Å². The van der Waals surface area contributed by atoms with Crippen LogP contribution in [0, 0.1) is 11.6 Å². The molecular weight excluding hydrogens is 282 g/mol. The van der Waals surface area contributed by atoms with Crippen LogP contribution in [-0.2, 0) is 9.59 Å². The number of anilines is 2. The summed E-state index contributed by atoms with van der Waals surface area (Å²) in [6.45, 7) is 0. The number of hydrogen-bond acceptors (Lipinski definition) is 3. The minimum Gasteiger partial charge on any atom is -0.508 e. The van der Waals surface area contributed by atoms with E-state index in [1.165, 1.54) is 24.3 Å². The molecule has 0 aliphatic carbocycles. The number of para-hydroxylation sites is 1. The molecule has 0 spiro atoms. The first-order chi connectivity index (χ1) is 9.97. The first-order valence-corrected chi connectivity index (χ1v) is 5.83. The van der Waals surface area contributed by atoms with Crippen LogP contribution in [0.3, 0.4) is 0 Å². The highest BCUT2D eigenvalue weighted by atomic mass is 19.1. The fourth-order valence-corrected chi connectivity index (χ4v) is 1.52. The summed E-state index contributed by atoms with van der Waals surface area (Å²) >= 11 is 0. The first-order valence-electron chi connectivity index (χ1n) is 5.83. The molecular formula is C14H10F2N2O3. The van der Waals surface area contributed by atoms with E-state index < -0.39 is 29.1 Å². The van der Waals surface area contributed by atoms with Crippen molar-refractivity contribution in [2.24, 2.45) is 0 Å². The van der Waals surface area contributed by atoms with Gasteiger partial charge < -0.3 is 15.7 Å². The third kappa shape index (κ3) is 3.53. The molecule has 2 aromatic carbocycles. The van der Waals surface area contributed by atoms with Gasteiger partial charge in [0.05, 0.1) is 0 Å². The maximum absolute atomic E-state index is 13.3. The summed E-state index contributed by atoms with van der Waals surface area (Å²) in [5.74, 6) is -4.29. The normalized spacial score (nSPS) is 10.0. The number of nitrogens with one attached hydrogen (secondary N) is 2. The van der Waals surface area contributed by atoms with Crippen LogP contribution in [0.1, 0.15) is 0 Å². The van der Waals surface area contributed by atoms with E-state index in [0.717, 1.165) is 18.2 Å². The summed E-state index contributed by atoms with van der Waals surface area (Å²) in [5.41, 5.74) is -0.440. The molecule has 0 heterocycles. The number of phenolic OH excluding ortho intramolecular Hbond substituents is 1. The smallest absolute Gasteiger partial charge is 0.314 e. The molecule has 21 heavy (non-hydrogen) atoms. The topological polar surface area (TPSA) is 78.4 Å². The van der Waals surface area contributed by atoms with Crippen molar-refractivity contribution in [1.82, 2.24) is 0 Å². The Morgan fingerprint density at radius 2 is 1.38 bits per heavy atom. The van der Waals surface area contributed by atoms with Gasteiger partial charge in [0.15, 0.2) is 0 Å². The Bertz CT molecular complexity index is 667. The number of benzene rings is 2. The van der Waals surface area contributed by atoms with E-state index >= 15 is 0 Å². The zero-order valence-corrected chi connectivity index (χ0v) is 10.6. The van der Waals surface area contributed by atoms with E-state index in [0.29, 0.717) is 0 Å². The van der Waals surface area contributed by atoms with Crippen LogP contribution in [0.5, 0.6) is 5.75 Å². The molecule has 108 valence electrons. The first kappa shape index (κ1) is 14.4. The molecule has 0 saturated heterocycles. The Kier molecular flexibility index (Phi) is 4.13. The lowest BCUT2D eigenvalue weighted by Crippen LogP contribution is -2.29. The molecule has 0 atom stereocenters. The van der Waals surface area contributed by atoms with Crippen molar-refractivity contribution in [3.8, 4) is 5.75 Å². The number of hydrogen-bond donors (Lipinski definition) is 3. The SMILES string of the molecule is O=C(Nc1ccc(O)cc1)C(=O)Nc1c(F)cccc1F. The monoisotopic (exact) mass is 292 g/mol. The van der Waals surface area contributed by atoms with Crippen molar-refractivity contribution in [1.29, 1.82) is 0 Å². The third-order valence-corrected chi connectivity index (χ3v) is 2.53. The van der Waals surface area contributed by atoms with Crippen molar-refractivity contribution < 1.29 is 23.5 Å². The van der Waals surface area contributed by atoms with Crippen molar-refractivity contribution >= 4 is 23.2 Å². The summed E-state index contributed by atoms with van der Waals surface area (Å²) in [6.07, 6.45) is 0. The second kappa shape index (κ2) is 6.00. The maximum atomic E-state index is 13.3. The van der Waals surface area contributed by atoms with Gasteiger partial charge in [0.1, 0.15) is 23.1 Å². The van der Waals surface area contributed by atoms with E-state index in [4.69, 9.17) is 5.11 Å². The van der Waals surface area contributed by atoms with Crippen molar-refractivity contribution in [2.45, 2.75) is 0 Å². The Morgan fingerprint density at radius 3 is 1.95 bits per heavy atom. The van der Waals surface area contributed by atoms with E-state index in [9.17, 15) is 18.4 Å². The molecule has 0 unspecified atom stereocenters. The molecule has 0 saturated carbocycles. The van der Waals surface area contributed by atoms with E-state index in [1.54, 1.807) is 0 Å². The van der Waals surface area contributed by atoms with Crippen molar-refractivity contribution in [2.75, 3.05) is 10.6 Å². The molecule has 7 heteroatoms. The highest BCUT2D eigenvalue weighted by molar-refractivity contribution is 6.43. The van der Waals surface area contributed by atoms with Gasteiger partial charge in [-0.05, 0) is 36.4 Å². The van der Waals surface area contributed by atoms with Gasteiger partial charge in [-0.3, -0.25) is 9.59 Å². The van der Waals surface area contributed by atoms with Crippen LogP contribution in [0.15, 0.2) is 42.5 Å². The Labute approximate surface area is 118 Å². The number of aromatic hydroxyl groups is 1. The van der Waals surface area contributed by atoms with E-state index in [2.05, 4.69) is 5.32 Å². The van der Waals surface area contributed by atoms with Crippen LogP contribution < -0.4 is 10.6 Å². The lowest BCUT2D eigenvalue weighted by molar-refractivity contribution is -0.133. The molecule has 2 amide bonds. The van der Waals surface area contributed by atoms with Gasteiger partial charge in [0.2, 0.25) is 0 Å². The van der Waals surface area contributed by atoms with Gasteiger partial charge in [-0.2, -0.15) is 0 Å². The number of rotatable bonds is 2. The van der Waals surface area contributed by atoms with Crippen LogP contribution >= 0.6 is 0 Å². The van der Waals surface area contributed by atoms with Gasteiger partial charge in [0.25, 0.3) is 0 Å². The van der Waals surface area contributed by atoms with E-state index in [-0.39, 0.29) is 11.4 Å². The molecule has 5 nitrogen and oxygen atoms in total. The van der Waals surface area contributed by atoms with Crippen LogP contribution in [0.2, 0.25) is 0 Å². The van der Waals surface area contributed by atoms with Crippen molar-refractivity contribution in [3.05, 3.63) is 54.1 Å². The van der Waals surface area contributed by atoms with Gasteiger partial charge in [0, 0.05) is 5.69 Å². The summed E-state index contributed by atoms with van der Waals surface area (Å²) in [4.78, 5) is 23.2. The molecule has 0 aliphatic rings. The molecule has 0 aromatic heterocycles. The average Bonchev–Trinajstić information content (AvgIpc) is 2.45. The second-order valence-corrected chi connectivity index (χ2v) is 4.05.